The number of nitrogens with zero attached hydrogens (tertiary/aromatic N) is 2. The molecule has 0 spiro atoms. The van der Waals surface area contributed by atoms with E-state index in [9.17, 15) is 19.7 Å². The van der Waals surface area contributed by atoms with E-state index in [1.807, 2.05) is 6.07 Å². The molecule has 9 nitrogen and oxygen atoms in total. The zero-order chi connectivity index (χ0) is 26.4. The highest BCUT2D eigenvalue weighted by molar-refractivity contribution is 9.10. The van der Waals surface area contributed by atoms with Gasteiger partial charge in [-0.15, -0.1) is 0 Å². The maximum Gasteiger partial charge on any atom is 0.293 e. The van der Waals surface area contributed by atoms with Crippen LogP contribution in [0.1, 0.15) is 11.1 Å². The molecule has 0 radical (unpaired) electrons. The van der Waals surface area contributed by atoms with Gasteiger partial charge in [-0.25, -0.2) is 0 Å². The number of imide groups is 1. The minimum Gasteiger partial charge on any atom is -0.493 e. The molecule has 4 rings (SSSR count). The Morgan fingerprint density at radius 1 is 1.00 bits per heavy atom. The first-order chi connectivity index (χ1) is 17.9. The summed E-state index contributed by atoms with van der Waals surface area (Å²) in [5.74, 6) is 1.11. The molecule has 0 bridgehead atoms. The Morgan fingerprint density at radius 2 is 1.78 bits per heavy atom. The molecule has 1 fully saturated rings. The fourth-order valence-electron chi connectivity index (χ4n) is 3.50. The average molecular weight is 585 g/mol. The topological polar surface area (TPSA) is 108 Å². The molecule has 0 unspecified atom stereocenters. The Balaban J connectivity index is 1.45. The van der Waals surface area contributed by atoms with Gasteiger partial charge in [0.2, 0.25) is 0 Å². The Morgan fingerprint density at radius 3 is 2.54 bits per heavy atom. The molecule has 190 valence electrons. The summed E-state index contributed by atoms with van der Waals surface area (Å²) in [7, 11) is 1.53. The maximum atomic E-state index is 13.0. The minimum atomic E-state index is -0.466. The van der Waals surface area contributed by atoms with Gasteiger partial charge in [0.1, 0.15) is 19.0 Å². The predicted molar refractivity (Wildman–Crippen MR) is 143 cm³/mol. The van der Waals surface area contributed by atoms with Gasteiger partial charge >= 0.3 is 0 Å². The van der Waals surface area contributed by atoms with E-state index in [1.54, 1.807) is 54.6 Å². The van der Waals surface area contributed by atoms with Crippen LogP contribution in [0.15, 0.2) is 76.1 Å². The number of methoxy groups -OCH3 is 1. The van der Waals surface area contributed by atoms with Gasteiger partial charge < -0.3 is 14.2 Å². The SMILES string of the molecule is COc1ccccc1OCCN1C(=O)S/C(=C\c2cc(Br)ccc2OCc2cccc([N+](=O)[O-])c2)C1=O. The van der Waals surface area contributed by atoms with Crippen molar-refractivity contribution in [3.63, 3.8) is 0 Å². The smallest absolute Gasteiger partial charge is 0.293 e. The van der Waals surface area contributed by atoms with Crippen molar-refractivity contribution in [3.05, 3.63) is 97.3 Å². The summed E-state index contributed by atoms with van der Waals surface area (Å²) in [4.78, 5) is 37.5. The van der Waals surface area contributed by atoms with Gasteiger partial charge in [0, 0.05) is 22.2 Å². The molecule has 3 aromatic carbocycles. The van der Waals surface area contributed by atoms with E-state index in [2.05, 4.69) is 15.9 Å². The number of carbonyl (C=O) groups is 2. The molecular formula is C26H21BrN2O7S. The van der Waals surface area contributed by atoms with Crippen molar-refractivity contribution in [1.29, 1.82) is 0 Å². The van der Waals surface area contributed by atoms with Crippen LogP contribution in [0.3, 0.4) is 0 Å². The number of non-ortho nitro benzene ring substituents is 1. The monoisotopic (exact) mass is 584 g/mol. The lowest BCUT2D eigenvalue weighted by Crippen LogP contribution is -2.32. The van der Waals surface area contributed by atoms with Crippen molar-refractivity contribution in [2.45, 2.75) is 6.61 Å². The highest BCUT2D eigenvalue weighted by Gasteiger charge is 2.35. The summed E-state index contributed by atoms with van der Waals surface area (Å²) in [6.45, 7) is 0.279. The number of carbonyl (C=O) groups excluding carboxylic acids is 2. The van der Waals surface area contributed by atoms with Gasteiger partial charge in [0.15, 0.2) is 11.5 Å². The van der Waals surface area contributed by atoms with Gasteiger partial charge in [-0.3, -0.25) is 24.6 Å². The van der Waals surface area contributed by atoms with Crippen LogP contribution in [0.4, 0.5) is 10.5 Å². The number of halogens is 1. The molecular weight excluding hydrogens is 564 g/mol. The van der Waals surface area contributed by atoms with Gasteiger partial charge in [-0.1, -0.05) is 40.2 Å². The Bertz CT molecular complexity index is 1380. The summed E-state index contributed by atoms with van der Waals surface area (Å²) < 4.78 is 17.6. The number of hydrogen-bond donors (Lipinski definition) is 0. The summed E-state index contributed by atoms with van der Waals surface area (Å²) in [5, 5.41) is 10.6. The van der Waals surface area contributed by atoms with E-state index in [1.165, 1.54) is 19.2 Å². The van der Waals surface area contributed by atoms with E-state index in [-0.39, 0.29) is 30.4 Å². The quantitative estimate of drug-likeness (QED) is 0.161. The van der Waals surface area contributed by atoms with Gasteiger partial charge in [-0.2, -0.15) is 0 Å². The second kappa shape index (κ2) is 11.9. The highest BCUT2D eigenvalue weighted by Crippen LogP contribution is 2.35. The number of nitro benzene ring substituents is 1. The first-order valence-corrected chi connectivity index (χ1v) is 12.6. The van der Waals surface area contributed by atoms with E-state index in [0.29, 0.717) is 28.4 Å². The van der Waals surface area contributed by atoms with Crippen LogP contribution in [-0.2, 0) is 11.4 Å². The van der Waals surface area contributed by atoms with Crippen molar-refractivity contribution in [2.75, 3.05) is 20.3 Å². The fraction of sp³-hybridized carbons (Fsp3) is 0.154. The molecule has 3 aromatic rings. The zero-order valence-corrected chi connectivity index (χ0v) is 22.0. The Hall–Kier alpha value is -3.83. The summed E-state index contributed by atoms with van der Waals surface area (Å²) >= 11 is 4.26. The molecule has 1 aliphatic rings. The normalized spacial score (nSPS) is 14.2. The van der Waals surface area contributed by atoms with Crippen molar-refractivity contribution in [3.8, 4) is 17.2 Å². The van der Waals surface area contributed by atoms with Crippen molar-refractivity contribution < 1.29 is 28.7 Å². The average Bonchev–Trinajstić information content (AvgIpc) is 3.16. The number of nitro groups is 1. The van der Waals surface area contributed by atoms with Crippen LogP contribution in [0, 0.1) is 10.1 Å². The number of para-hydroxylation sites is 2. The van der Waals surface area contributed by atoms with Crippen LogP contribution in [0.5, 0.6) is 17.2 Å². The minimum absolute atomic E-state index is 0.0273. The molecule has 1 aliphatic heterocycles. The third-order valence-electron chi connectivity index (χ3n) is 5.29. The number of thioether (sulfide) groups is 1. The molecule has 1 heterocycles. The number of amides is 2. The van der Waals surface area contributed by atoms with E-state index in [0.717, 1.165) is 21.1 Å². The Labute approximate surface area is 225 Å². The van der Waals surface area contributed by atoms with Gasteiger partial charge in [0.05, 0.1) is 23.5 Å². The molecule has 0 N–H and O–H groups in total. The molecule has 0 aliphatic carbocycles. The summed E-state index contributed by atoms with van der Waals surface area (Å²) in [6.07, 6.45) is 1.60. The summed E-state index contributed by atoms with van der Waals surface area (Å²) in [5.41, 5.74) is 1.18. The van der Waals surface area contributed by atoms with Crippen molar-refractivity contribution >= 4 is 50.6 Å². The number of ether oxygens (including phenoxy) is 3. The maximum absolute atomic E-state index is 13.0. The van der Waals surface area contributed by atoms with Gasteiger partial charge in [-0.05, 0) is 53.7 Å². The molecule has 0 saturated carbocycles. The highest BCUT2D eigenvalue weighted by atomic mass is 79.9. The van der Waals surface area contributed by atoms with E-state index in [4.69, 9.17) is 14.2 Å². The van der Waals surface area contributed by atoms with E-state index < -0.39 is 16.1 Å². The zero-order valence-electron chi connectivity index (χ0n) is 19.6. The van der Waals surface area contributed by atoms with Crippen molar-refractivity contribution in [2.24, 2.45) is 0 Å². The lowest BCUT2D eigenvalue weighted by molar-refractivity contribution is -0.384. The standard InChI is InChI=1S/C26H21BrN2O7S/c1-34-22-7-2-3-8-23(22)35-12-11-28-25(30)24(37-26(28)31)15-18-14-19(27)9-10-21(18)36-16-17-5-4-6-20(13-17)29(32)33/h2-10,13-15H,11-12,16H2,1H3/b24-15-. The lowest BCUT2D eigenvalue weighted by Gasteiger charge is -2.14. The fourth-order valence-corrected chi connectivity index (χ4v) is 4.74. The van der Waals surface area contributed by atoms with Crippen LogP contribution in [-0.4, -0.2) is 41.2 Å². The Kier molecular flexibility index (Phi) is 8.47. The predicted octanol–water partition coefficient (Wildman–Crippen LogP) is 6.06. The number of benzene rings is 3. The molecule has 11 heteroatoms. The number of hydrogen-bond acceptors (Lipinski definition) is 8. The van der Waals surface area contributed by atoms with Crippen LogP contribution in [0.25, 0.3) is 6.08 Å². The first kappa shape index (κ1) is 26.2. The third kappa shape index (κ3) is 6.49. The molecule has 0 aromatic heterocycles. The summed E-state index contributed by atoms with van der Waals surface area (Å²) in [6, 6.07) is 18.6. The van der Waals surface area contributed by atoms with Crippen molar-refractivity contribution in [1.82, 2.24) is 4.90 Å². The van der Waals surface area contributed by atoms with Crippen LogP contribution < -0.4 is 14.2 Å². The molecule has 2 amide bonds. The first-order valence-electron chi connectivity index (χ1n) is 11.0. The molecule has 37 heavy (non-hydrogen) atoms. The molecule has 0 atom stereocenters. The van der Waals surface area contributed by atoms with Gasteiger partial charge in [0.25, 0.3) is 16.8 Å². The molecule has 1 saturated heterocycles. The number of rotatable bonds is 10. The second-order valence-electron chi connectivity index (χ2n) is 7.73. The third-order valence-corrected chi connectivity index (χ3v) is 6.69. The second-order valence-corrected chi connectivity index (χ2v) is 9.64. The van der Waals surface area contributed by atoms with E-state index >= 15 is 0 Å². The lowest BCUT2D eigenvalue weighted by atomic mass is 10.1. The van der Waals surface area contributed by atoms with Crippen LogP contribution in [0.2, 0.25) is 0 Å². The van der Waals surface area contributed by atoms with Crippen LogP contribution >= 0.6 is 27.7 Å². The largest absolute Gasteiger partial charge is 0.493 e.